The van der Waals surface area contributed by atoms with Crippen LogP contribution in [0.3, 0.4) is 0 Å². The number of esters is 1. The molecule has 0 aliphatic heterocycles. The summed E-state index contributed by atoms with van der Waals surface area (Å²) in [5.41, 5.74) is 0.978. The Bertz CT molecular complexity index is 486. The second kappa shape index (κ2) is 10.4. The fourth-order valence-electron chi connectivity index (χ4n) is 1.43. The summed E-state index contributed by atoms with van der Waals surface area (Å²) in [7, 11) is 4.76. The molecule has 1 aromatic rings. The molecule has 0 bridgehead atoms. The van der Waals surface area contributed by atoms with Gasteiger partial charge in [0.05, 0.1) is 7.11 Å². The highest BCUT2D eigenvalue weighted by molar-refractivity contribution is 5.83. The van der Waals surface area contributed by atoms with E-state index < -0.39 is 12.0 Å². The molecule has 2 amide bonds. The van der Waals surface area contributed by atoms with Gasteiger partial charge in [0.2, 0.25) is 11.8 Å². The number of methoxy groups -OCH3 is 1. The number of benzene rings is 1. The summed E-state index contributed by atoms with van der Waals surface area (Å²) >= 11 is 0. The lowest BCUT2D eigenvalue weighted by Gasteiger charge is -2.15. The van der Waals surface area contributed by atoms with Crippen LogP contribution in [0, 0.1) is 0 Å². The number of carbonyl (C=O) groups excluding carboxylic acids is 3. The standard InChI is InChI=1S/C12H15NO3.C4H9NO/c1-9(14)13-11(12(15)16-2)8-10-6-4-3-5-7-10;1-4(6)5(2)3/h3-7,11H,8H2,1-2H3,(H,13,14);1-3H3. The Balaban J connectivity index is 0.000000626. The van der Waals surface area contributed by atoms with E-state index in [2.05, 4.69) is 10.1 Å². The summed E-state index contributed by atoms with van der Waals surface area (Å²) in [6, 6.07) is 8.85. The lowest BCUT2D eigenvalue weighted by atomic mass is 10.1. The average Bonchev–Trinajstić information content (AvgIpc) is 2.47. The fraction of sp³-hybridized carbons (Fsp3) is 0.438. The summed E-state index contributed by atoms with van der Waals surface area (Å²) in [4.78, 5) is 34.0. The zero-order chi connectivity index (χ0) is 17.1. The topological polar surface area (TPSA) is 75.7 Å². The van der Waals surface area contributed by atoms with Crippen LogP contribution in [-0.4, -0.2) is 49.9 Å². The minimum atomic E-state index is -0.620. The van der Waals surface area contributed by atoms with Crippen molar-refractivity contribution < 1.29 is 19.1 Å². The second-order valence-electron chi connectivity index (χ2n) is 4.88. The highest BCUT2D eigenvalue weighted by Gasteiger charge is 2.20. The summed E-state index contributed by atoms with van der Waals surface area (Å²) in [6.07, 6.45) is 0.438. The van der Waals surface area contributed by atoms with Gasteiger partial charge in [0.15, 0.2) is 0 Å². The van der Waals surface area contributed by atoms with Crippen molar-refractivity contribution in [2.45, 2.75) is 26.3 Å². The molecule has 0 aliphatic carbocycles. The molecule has 6 heteroatoms. The minimum Gasteiger partial charge on any atom is -0.467 e. The van der Waals surface area contributed by atoms with Crippen molar-refractivity contribution in [3.05, 3.63) is 35.9 Å². The van der Waals surface area contributed by atoms with E-state index in [0.29, 0.717) is 6.42 Å². The predicted molar refractivity (Wildman–Crippen MR) is 84.1 cm³/mol. The normalized spacial score (nSPS) is 10.6. The van der Waals surface area contributed by atoms with Crippen LogP contribution >= 0.6 is 0 Å². The van der Waals surface area contributed by atoms with E-state index in [-0.39, 0.29) is 11.8 Å². The number of nitrogens with zero attached hydrogens (tertiary/aromatic N) is 1. The molecule has 1 rings (SSSR count). The molecular weight excluding hydrogens is 284 g/mol. The molecule has 1 atom stereocenters. The van der Waals surface area contributed by atoms with E-state index in [9.17, 15) is 14.4 Å². The summed E-state index contributed by atoms with van der Waals surface area (Å²) < 4.78 is 4.63. The predicted octanol–water partition coefficient (Wildman–Crippen LogP) is 1.00. The monoisotopic (exact) mass is 308 g/mol. The average molecular weight is 308 g/mol. The Labute approximate surface area is 131 Å². The number of hydrogen-bond donors (Lipinski definition) is 1. The summed E-state index contributed by atoms with van der Waals surface area (Å²) in [6.45, 7) is 2.90. The molecule has 0 radical (unpaired) electrons. The number of rotatable bonds is 4. The first-order valence-electron chi connectivity index (χ1n) is 6.84. The molecule has 0 saturated carbocycles. The number of hydrogen-bond acceptors (Lipinski definition) is 4. The Morgan fingerprint density at radius 1 is 1.14 bits per heavy atom. The maximum Gasteiger partial charge on any atom is 0.328 e. The maximum absolute atomic E-state index is 11.4. The van der Waals surface area contributed by atoms with E-state index >= 15 is 0 Å². The molecule has 1 unspecified atom stereocenters. The van der Waals surface area contributed by atoms with Gasteiger partial charge in [0.25, 0.3) is 0 Å². The zero-order valence-electron chi connectivity index (χ0n) is 13.8. The van der Waals surface area contributed by atoms with Crippen LogP contribution in [0.2, 0.25) is 0 Å². The molecular formula is C16H24N2O4. The highest BCUT2D eigenvalue weighted by atomic mass is 16.5. The molecule has 0 aromatic heterocycles. The Morgan fingerprint density at radius 2 is 1.64 bits per heavy atom. The van der Waals surface area contributed by atoms with Crippen LogP contribution in [0.25, 0.3) is 0 Å². The number of nitrogens with one attached hydrogen (secondary N) is 1. The molecule has 0 saturated heterocycles. The van der Waals surface area contributed by atoms with Gasteiger partial charge in [-0.25, -0.2) is 4.79 Å². The van der Waals surface area contributed by atoms with Gasteiger partial charge in [0, 0.05) is 34.4 Å². The number of amides is 2. The molecule has 122 valence electrons. The van der Waals surface area contributed by atoms with Crippen LogP contribution < -0.4 is 5.32 Å². The van der Waals surface area contributed by atoms with Crippen LogP contribution in [0.1, 0.15) is 19.4 Å². The molecule has 22 heavy (non-hydrogen) atoms. The van der Waals surface area contributed by atoms with Crippen LogP contribution in [0.5, 0.6) is 0 Å². The van der Waals surface area contributed by atoms with Crippen LogP contribution in [0.4, 0.5) is 0 Å². The van der Waals surface area contributed by atoms with Crippen molar-refractivity contribution in [1.29, 1.82) is 0 Å². The Kier molecular flexibility index (Phi) is 9.25. The first-order valence-corrected chi connectivity index (χ1v) is 6.84. The third-order valence-electron chi connectivity index (χ3n) is 2.78. The van der Waals surface area contributed by atoms with E-state index in [1.807, 2.05) is 30.3 Å². The molecule has 0 fully saturated rings. The quantitative estimate of drug-likeness (QED) is 0.842. The lowest BCUT2D eigenvalue weighted by Crippen LogP contribution is -2.41. The van der Waals surface area contributed by atoms with Gasteiger partial charge < -0.3 is 15.0 Å². The maximum atomic E-state index is 11.4. The number of ether oxygens (including phenoxy) is 1. The van der Waals surface area contributed by atoms with Gasteiger partial charge in [0.1, 0.15) is 6.04 Å². The summed E-state index contributed by atoms with van der Waals surface area (Å²) in [5.74, 6) is -0.583. The highest BCUT2D eigenvalue weighted by Crippen LogP contribution is 2.04. The molecule has 0 spiro atoms. The van der Waals surface area contributed by atoms with Crippen molar-refractivity contribution in [3.8, 4) is 0 Å². The van der Waals surface area contributed by atoms with Crippen molar-refractivity contribution in [3.63, 3.8) is 0 Å². The van der Waals surface area contributed by atoms with Gasteiger partial charge in [-0.1, -0.05) is 30.3 Å². The minimum absolute atomic E-state index is 0.0926. The second-order valence-corrected chi connectivity index (χ2v) is 4.88. The third-order valence-corrected chi connectivity index (χ3v) is 2.78. The van der Waals surface area contributed by atoms with E-state index in [4.69, 9.17) is 0 Å². The van der Waals surface area contributed by atoms with Crippen molar-refractivity contribution in [1.82, 2.24) is 10.2 Å². The van der Waals surface area contributed by atoms with Crippen molar-refractivity contribution >= 4 is 17.8 Å². The first-order chi connectivity index (χ1) is 10.3. The van der Waals surface area contributed by atoms with Gasteiger partial charge in [-0.15, -0.1) is 0 Å². The van der Waals surface area contributed by atoms with Crippen molar-refractivity contribution in [2.75, 3.05) is 21.2 Å². The number of carbonyl (C=O) groups is 3. The van der Waals surface area contributed by atoms with Crippen LogP contribution in [0.15, 0.2) is 30.3 Å². The van der Waals surface area contributed by atoms with Crippen LogP contribution in [-0.2, 0) is 25.5 Å². The van der Waals surface area contributed by atoms with Gasteiger partial charge in [-0.05, 0) is 5.56 Å². The van der Waals surface area contributed by atoms with Gasteiger partial charge >= 0.3 is 5.97 Å². The third kappa shape index (κ3) is 8.73. The van der Waals surface area contributed by atoms with Gasteiger partial charge in [-0.3, -0.25) is 9.59 Å². The van der Waals surface area contributed by atoms with E-state index in [1.165, 1.54) is 25.9 Å². The Hall–Kier alpha value is -2.37. The molecule has 0 aliphatic rings. The molecule has 0 heterocycles. The molecule has 6 nitrogen and oxygen atoms in total. The van der Waals surface area contributed by atoms with Crippen molar-refractivity contribution in [2.24, 2.45) is 0 Å². The van der Waals surface area contributed by atoms with E-state index in [0.717, 1.165) is 5.56 Å². The van der Waals surface area contributed by atoms with E-state index in [1.54, 1.807) is 14.1 Å². The zero-order valence-corrected chi connectivity index (χ0v) is 13.8. The fourth-order valence-corrected chi connectivity index (χ4v) is 1.43. The SMILES string of the molecule is CC(=O)N(C)C.COC(=O)C(Cc1ccccc1)NC(C)=O. The largest absolute Gasteiger partial charge is 0.467 e. The van der Waals surface area contributed by atoms with Gasteiger partial charge in [-0.2, -0.15) is 0 Å². The molecule has 1 aromatic carbocycles. The molecule has 1 N–H and O–H groups in total. The Morgan fingerprint density at radius 3 is 2.00 bits per heavy atom. The summed E-state index contributed by atoms with van der Waals surface area (Å²) in [5, 5.41) is 2.57. The lowest BCUT2D eigenvalue weighted by molar-refractivity contribution is -0.144. The first kappa shape index (κ1) is 19.6. The smallest absolute Gasteiger partial charge is 0.328 e.